The second kappa shape index (κ2) is 8.45. The van der Waals surface area contributed by atoms with Crippen molar-refractivity contribution in [2.24, 2.45) is 11.8 Å². The molecule has 152 valence electrons. The number of carboxylic acid groups (broad SMARTS) is 1. The second-order valence-electron chi connectivity index (χ2n) is 7.43. The van der Waals surface area contributed by atoms with Gasteiger partial charge in [0.25, 0.3) is 0 Å². The molecule has 1 amide bonds. The number of carbonyl (C=O) groups is 2. The third-order valence-corrected chi connectivity index (χ3v) is 7.52. The summed E-state index contributed by atoms with van der Waals surface area (Å²) in [6.07, 6.45) is 6.98. The molecule has 0 radical (unpaired) electrons. The van der Waals surface area contributed by atoms with Gasteiger partial charge < -0.3 is 10.4 Å². The highest BCUT2D eigenvalue weighted by atomic mass is 32.2. The van der Waals surface area contributed by atoms with Crippen molar-refractivity contribution in [3.05, 3.63) is 35.9 Å². The summed E-state index contributed by atoms with van der Waals surface area (Å²) in [5, 5.41) is 12.1. The monoisotopic (exact) mass is 406 g/mol. The van der Waals surface area contributed by atoms with E-state index in [2.05, 4.69) is 5.32 Å². The summed E-state index contributed by atoms with van der Waals surface area (Å²) in [4.78, 5) is 24.3. The molecule has 0 unspecified atom stereocenters. The Morgan fingerprint density at radius 3 is 2.36 bits per heavy atom. The lowest BCUT2D eigenvalue weighted by molar-refractivity contribution is -0.146. The first-order valence-electron chi connectivity index (χ1n) is 9.60. The molecule has 0 bridgehead atoms. The van der Waals surface area contributed by atoms with Gasteiger partial charge in [-0.2, -0.15) is 4.31 Å². The molecule has 7 nitrogen and oxygen atoms in total. The number of allylic oxidation sites excluding steroid dienone is 2. The summed E-state index contributed by atoms with van der Waals surface area (Å²) in [5.74, 6) is -2.85. The minimum Gasteiger partial charge on any atom is -0.481 e. The van der Waals surface area contributed by atoms with Crippen LogP contribution in [0.1, 0.15) is 37.7 Å². The van der Waals surface area contributed by atoms with Gasteiger partial charge in [-0.05, 0) is 50.3 Å². The summed E-state index contributed by atoms with van der Waals surface area (Å²) in [6, 6.07) is 4.80. The van der Waals surface area contributed by atoms with Crippen molar-refractivity contribution in [2.45, 2.75) is 43.9 Å². The van der Waals surface area contributed by atoms with Crippen molar-refractivity contribution in [1.29, 1.82) is 0 Å². The molecular formula is C20H26N2O5S. The molecule has 1 aromatic rings. The number of nitrogens with one attached hydrogen (secondary N) is 1. The number of rotatable bonds is 5. The maximum atomic E-state index is 13.0. The Balaban J connectivity index is 1.82. The van der Waals surface area contributed by atoms with E-state index >= 15 is 0 Å². The minimum atomic E-state index is -3.62. The third kappa shape index (κ3) is 4.28. The minimum absolute atomic E-state index is 0.186. The lowest BCUT2D eigenvalue weighted by Crippen LogP contribution is -2.36. The number of carboxylic acids is 1. The molecular weight excluding hydrogens is 380 g/mol. The average Bonchev–Trinajstić information content (AvgIpc) is 2.70. The van der Waals surface area contributed by atoms with Gasteiger partial charge in [0.15, 0.2) is 0 Å². The van der Waals surface area contributed by atoms with Crippen LogP contribution in [0.3, 0.4) is 0 Å². The van der Waals surface area contributed by atoms with Gasteiger partial charge >= 0.3 is 5.97 Å². The first-order valence-corrected chi connectivity index (χ1v) is 11.0. The fourth-order valence-electron chi connectivity index (χ4n) is 3.81. The Morgan fingerprint density at radius 2 is 1.71 bits per heavy atom. The number of benzene rings is 1. The summed E-state index contributed by atoms with van der Waals surface area (Å²) < 4.78 is 27.5. The number of hydrogen-bond acceptors (Lipinski definition) is 4. The molecule has 1 aliphatic heterocycles. The average molecular weight is 407 g/mol. The summed E-state index contributed by atoms with van der Waals surface area (Å²) in [5.41, 5.74) is 0.984. The zero-order valence-corrected chi connectivity index (χ0v) is 16.7. The van der Waals surface area contributed by atoms with E-state index in [0.717, 1.165) is 19.3 Å². The molecule has 1 aromatic carbocycles. The molecule has 3 rings (SSSR count). The van der Waals surface area contributed by atoms with Gasteiger partial charge in [0.2, 0.25) is 15.9 Å². The number of nitrogens with zero attached hydrogens (tertiary/aromatic N) is 1. The SMILES string of the molecule is Cc1ccc(NC(=O)[C@H]2CC=CC[C@H]2C(=O)O)cc1S(=O)(=O)N1CCCCC1. The molecule has 2 N–H and O–H groups in total. The lowest BCUT2D eigenvalue weighted by atomic mass is 9.82. The molecule has 2 atom stereocenters. The molecule has 1 heterocycles. The topological polar surface area (TPSA) is 104 Å². The summed E-state index contributed by atoms with van der Waals surface area (Å²) in [6.45, 7) is 2.74. The normalized spacial score (nSPS) is 23.3. The Bertz CT molecular complexity index is 888. The number of carbonyl (C=O) groups excluding carboxylic acids is 1. The van der Waals surface area contributed by atoms with Crippen LogP contribution in [0.25, 0.3) is 0 Å². The first kappa shape index (κ1) is 20.5. The van der Waals surface area contributed by atoms with Crippen LogP contribution in [0.4, 0.5) is 5.69 Å². The summed E-state index contributed by atoms with van der Waals surface area (Å²) in [7, 11) is -3.62. The van der Waals surface area contributed by atoms with Gasteiger partial charge in [0.1, 0.15) is 0 Å². The number of piperidine rings is 1. The molecule has 2 aliphatic rings. The Morgan fingerprint density at radius 1 is 1.07 bits per heavy atom. The van der Waals surface area contributed by atoms with Crippen LogP contribution in [0, 0.1) is 18.8 Å². The highest BCUT2D eigenvalue weighted by Crippen LogP contribution is 2.29. The lowest BCUT2D eigenvalue weighted by Gasteiger charge is -2.27. The molecule has 0 spiro atoms. The van der Waals surface area contributed by atoms with E-state index < -0.39 is 33.7 Å². The number of amides is 1. The van der Waals surface area contributed by atoms with Gasteiger partial charge in [-0.25, -0.2) is 8.42 Å². The van der Waals surface area contributed by atoms with Crippen LogP contribution in [-0.2, 0) is 19.6 Å². The van der Waals surface area contributed by atoms with Gasteiger partial charge in [-0.15, -0.1) is 0 Å². The van der Waals surface area contributed by atoms with E-state index in [9.17, 15) is 23.1 Å². The highest BCUT2D eigenvalue weighted by molar-refractivity contribution is 7.89. The maximum Gasteiger partial charge on any atom is 0.307 e. The van der Waals surface area contributed by atoms with Gasteiger partial charge in [0.05, 0.1) is 16.7 Å². The molecule has 28 heavy (non-hydrogen) atoms. The van der Waals surface area contributed by atoms with Crippen molar-refractivity contribution >= 4 is 27.6 Å². The van der Waals surface area contributed by atoms with Crippen molar-refractivity contribution < 1.29 is 23.1 Å². The van der Waals surface area contributed by atoms with E-state index in [1.807, 2.05) is 6.08 Å². The Hall–Kier alpha value is -2.19. The van der Waals surface area contributed by atoms with Crippen LogP contribution in [-0.4, -0.2) is 42.8 Å². The van der Waals surface area contributed by atoms with Crippen molar-refractivity contribution in [3.8, 4) is 0 Å². The van der Waals surface area contributed by atoms with Crippen LogP contribution < -0.4 is 5.32 Å². The third-order valence-electron chi connectivity index (χ3n) is 5.47. The number of sulfonamides is 1. The highest BCUT2D eigenvalue weighted by Gasteiger charge is 2.34. The van der Waals surface area contributed by atoms with Crippen LogP contribution >= 0.6 is 0 Å². The predicted octanol–water partition coefficient (Wildman–Crippen LogP) is 2.78. The van der Waals surface area contributed by atoms with Crippen molar-refractivity contribution in [1.82, 2.24) is 4.31 Å². The van der Waals surface area contributed by atoms with Gasteiger partial charge in [-0.3, -0.25) is 9.59 Å². The van der Waals surface area contributed by atoms with E-state index in [4.69, 9.17) is 0 Å². The van der Waals surface area contributed by atoms with Gasteiger partial charge in [-0.1, -0.05) is 24.6 Å². The Labute approximate surface area is 165 Å². The van der Waals surface area contributed by atoms with E-state index in [0.29, 0.717) is 37.2 Å². The van der Waals surface area contributed by atoms with E-state index in [1.54, 1.807) is 25.1 Å². The standard InChI is InChI=1S/C20H26N2O5S/c1-14-9-10-15(13-18(14)28(26,27)22-11-5-2-6-12-22)21-19(23)16-7-3-4-8-17(16)20(24)25/h3-4,9-10,13,16-17H,2,5-8,11-12H2,1H3,(H,21,23)(H,24,25)/t16-,17+/m0/s1. The number of hydrogen-bond donors (Lipinski definition) is 2. The largest absolute Gasteiger partial charge is 0.481 e. The molecule has 1 saturated heterocycles. The van der Waals surface area contributed by atoms with Crippen LogP contribution in [0.2, 0.25) is 0 Å². The van der Waals surface area contributed by atoms with Crippen LogP contribution in [0.15, 0.2) is 35.2 Å². The zero-order chi connectivity index (χ0) is 20.3. The van der Waals surface area contributed by atoms with Crippen molar-refractivity contribution in [2.75, 3.05) is 18.4 Å². The van der Waals surface area contributed by atoms with E-state index in [1.165, 1.54) is 10.4 Å². The number of aryl methyl sites for hydroxylation is 1. The smallest absolute Gasteiger partial charge is 0.307 e. The van der Waals surface area contributed by atoms with Gasteiger partial charge in [0, 0.05) is 18.8 Å². The summed E-state index contributed by atoms with van der Waals surface area (Å²) >= 11 is 0. The molecule has 1 aliphatic carbocycles. The number of aliphatic carboxylic acids is 1. The Kier molecular flexibility index (Phi) is 6.20. The number of anilines is 1. The van der Waals surface area contributed by atoms with Crippen molar-refractivity contribution in [3.63, 3.8) is 0 Å². The molecule has 1 fully saturated rings. The fraction of sp³-hybridized carbons (Fsp3) is 0.500. The fourth-order valence-corrected chi connectivity index (χ4v) is 5.58. The first-order chi connectivity index (χ1) is 13.3. The molecule has 0 saturated carbocycles. The maximum absolute atomic E-state index is 13.0. The zero-order valence-electron chi connectivity index (χ0n) is 15.9. The molecule has 8 heteroatoms. The van der Waals surface area contributed by atoms with Crippen LogP contribution in [0.5, 0.6) is 0 Å². The molecule has 0 aromatic heterocycles. The second-order valence-corrected chi connectivity index (χ2v) is 9.33. The van der Waals surface area contributed by atoms with E-state index in [-0.39, 0.29) is 4.90 Å². The quantitative estimate of drug-likeness (QED) is 0.732. The predicted molar refractivity (Wildman–Crippen MR) is 105 cm³/mol.